The molecule has 8 nitrogen and oxygen atoms in total. The van der Waals surface area contributed by atoms with Gasteiger partial charge in [-0.15, -0.1) is 10.2 Å². The second-order valence-corrected chi connectivity index (χ2v) is 5.64. The highest BCUT2D eigenvalue weighted by Crippen LogP contribution is 2.17. The minimum absolute atomic E-state index is 0.202. The monoisotopic (exact) mass is 311 g/mol. The van der Waals surface area contributed by atoms with Crippen LogP contribution in [0.3, 0.4) is 0 Å². The highest BCUT2D eigenvalue weighted by atomic mass is 16.2. The number of carbonyl (C=O) groups excluding carboxylic acids is 1. The molecule has 3 N–H and O–H groups in total. The number of hydrogen-bond donors (Lipinski definition) is 3. The summed E-state index contributed by atoms with van der Waals surface area (Å²) < 4.78 is 1.87. The van der Waals surface area contributed by atoms with Crippen molar-refractivity contribution in [3.63, 3.8) is 0 Å². The average Bonchev–Trinajstić information content (AvgIpc) is 3.19. The number of aromatic nitrogens is 5. The van der Waals surface area contributed by atoms with Crippen LogP contribution in [0.1, 0.15) is 40.5 Å². The van der Waals surface area contributed by atoms with Crippen molar-refractivity contribution in [3.8, 4) is 0 Å². The van der Waals surface area contributed by atoms with Crippen molar-refractivity contribution in [2.45, 2.75) is 25.9 Å². The molecule has 0 saturated carbocycles. The van der Waals surface area contributed by atoms with Crippen LogP contribution < -0.4 is 10.6 Å². The van der Waals surface area contributed by atoms with Gasteiger partial charge in [0.2, 0.25) is 0 Å². The minimum Gasteiger partial charge on any atom is -0.341 e. The summed E-state index contributed by atoms with van der Waals surface area (Å²) in [7, 11) is 0. The number of H-pyrrole nitrogens is 1. The third kappa shape index (κ3) is 2.36. The highest BCUT2D eigenvalue weighted by Gasteiger charge is 2.24. The van der Waals surface area contributed by atoms with Crippen LogP contribution in [0.25, 0.3) is 5.65 Å². The van der Waals surface area contributed by atoms with Crippen molar-refractivity contribution in [2.24, 2.45) is 0 Å². The summed E-state index contributed by atoms with van der Waals surface area (Å²) in [5.41, 5.74) is 3.19. The summed E-state index contributed by atoms with van der Waals surface area (Å²) in [5, 5.41) is 21.6. The van der Waals surface area contributed by atoms with E-state index in [0.29, 0.717) is 18.1 Å². The molecule has 118 valence electrons. The number of amides is 1. The molecule has 23 heavy (non-hydrogen) atoms. The first-order valence-corrected chi connectivity index (χ1v) is 7.61. The Bertz CT molecular complexity index is 866. The lowest BCUT2D eigenvalue weighted by molar-refractivity contribution is 0.0932. The zero-order valence-electron chi connectivity index (χ0n) is 12.7. The molecule has 8 heteroatoms. The molecule has 0 saturated heterocycles. The largest absolute Gasteiger partial charge is 0.341 e. The fourth-order valence-electron chi connectivity index (χ4n) is 2.90. The van der Waals surface area contributed by atoms with E-state index in [2.05, 4.69) is 31.0 Å². The predicted octanol–water partition coefficient (Wildman–Crippen LogP) is 0.589. The van der Waals surface area contributed by atoms with E-state index in [9.17, 15) is 4.79 Å². The number of nitrogens with zero attached hydrogens (tertiary/aromatic N) is 4. The number of pyridine rings is 1. The Hall–Kier alpha value is -2.74. The molecule has 1 aliphatic rings. The third-order valence-electron chi connectivity index (χ3n) is 4.10. The fourth-order valence-corrected chi connectivity index (χ4v) is 2.90. The van der Waals surface area contributed by atoms with Gasteiger partial charge in [0.15, 0.2) is 17.2 Å². The van der Waals surface area contributed by atoms with Gasteiger partial charge in [0, 0.05) is 37.0 Å². The predicted molar refractivity (Wildman–Crippen MR) is 82.9 cm³/mol. The van der Waals surface area contributed by atoms with E-state index in [0.717, 1.165) is 29.9 Å². The second kappa shape index (κ2) is 5.47. The lowest BCUT2D eigenvalue weighted by Crippen LogP contribution is -2.31. The molecule has 0 aliphatic carbocycles. The highest BCUT2D eigenvalue weighted by molar-refractivity contribution is 5.94. The van der Waals surface area contributed by atoms with Crippen molar-refractivity contribution in [3.05, 3.63) is 47.2 Å². The lowest BCUT2D eigenvalue weighted by atomic mass is 10.1. The van der Waals surface area contributed by atoms with Gasteiger partial charge in [0.05, 0.1) is 6.04 Å². The molecule has 0 aromatic carbocycles. The number of hydrogen-bond acceptors (Lipinski definition) is 5. The van der Waals surface area contributed by atoms with Gasteiger partial charge in [-0.2, -0.15) is 5.10 Å². The molecule has 1 amide bonds. The van der Waals surface area contributed by atoms with Gasteiger partial charge in [-0.1, -0.05) is 6.07 Å². The van der Waals surface area contributed by atoms with E-state index in [1.54, 1.807) is 0 Å². The van der Waals surface area contributed by atoms with E-state index in [-0.39, 0.29) is 11.9 Å². The molecule has 0 fully saturated rings. The van der Waals surface area contributed by atoms with Crippen molar-refractivity contribution >= 4 is 11.6 Å². The van der Waals surface area contributed by atoms with Gasteiger partial charge < -0.3 is 10.6 Å². The Kier molecular flexibility index (Phi) is 3.30. The van der Waals surface area contributed by atoms with Gasteiger partial charge in [-0.3, -0.25) is 14.3 Å². The van der Waals surface area contributed by atoms with Crippen LogP contribution >= 0.6 is 0 Å². The molecule has 3 aromatic heterocycles. The lowest BCUT2D eigenvalue weighted by Gasteiger charge is -2.14. The van der Waals surface area contributed by atoms with E-state index < -0.39 is 0 Å². The standard InChI is InChI=1S/C15H17N7O/c1-9(14-21-19-12-4-2-3-7-22(12)14)17-15(23)13-10-8-16-6-5-11(10)18-20-13/h2-4,7,9,16H,5-6,8H2,1H3,(H,17,23)(H,18,20). The maximum atomic E-state index is 12.5. The fraction of sp³-hybridized carbons (Fsp3) is 0.333. The van der Waals surface area contributed by atoms with Gasteiger partial charge >= 0.3 is 0 Å². The molecule has 0 bridgehead atoms. The van der Waals surface area contributed by atoms with E-state index >= 15 is 0 Å². The van der Waals surface area contributed by atoms with Crippen LogP contribution in [0.2, 0.25) is 0 Å². The molecule has 1 atom stereocenters. The Morgan fingerprint density at radius 1 is 1.39 bits per heavy atom. The van der Waals surface area contributed by atoms with Gasteiger partial charge in [-0.05, 0) is 19.1 Å². The summed E-state index contributed by atoms with van der Waals surface area (Å²) in [4.78, 5) is 12.5. The number of rotatable bonds is 3. The Morgan fingerprint density at radius 3 is 3.22 bits per heavy atom. The molecule has 1 unspecified atom stereocenters. The molecule has 0 spiro atoms. The Morgan fingerprint density at radius 2 is 2.30 bits per heavy atom. The van der Waals surface area contributed by atoms with Crippen LogP contribution in [-0.2, 0) is 13.0 Å². The number of nitrogens with one attached hydrogen (secondary N) is 3. The Balaban J connectivity index is 1.58. The molecule has 0 radical (unpaired) electrons. The van der Waals surface area contributed by atoms with Crippen molar-refractivity contribution in [1.82, 2.24) is 35.4 Å². The summed E-state index contributed by atoms with van der Waals surface area (Å²) in [5.74, 6) is 0.489. The van der Waals surface area contributed by atoms with Crippen LogP contribution in [0.15, 0.2) is 24.4 Å². The van der Waals surface area contributed by atoms with Crippen LogP contribution in [0.4, 0.5) is 0 Å². The van der Waals surface area contributed by atoms with Crippen LogP contribution in [0, 0.1) is 0 Å². The summed E-state index contributed by atoms with van der Waals surface area (Å²) in [6.45, 7) is 3.45. The number of fused-ring (bicyclic) bond motifs is 2. The molecule has 4 heterocycles. The zero-order chi connectivity index (χ0) is 15.8. The Labute approximate surface area is 132 Å². The first kappa shape index (κ1) is 13.9. The molecule has 4 rings (SSSR count). The quantitative estimate of drug-likeness (QED) is 0.657. The second-order valence-electron chi connectivity index (χ2n) is 5.64. The smallest absolute Gasteiger partial charge is 0.272 e. The van der Waals surface area contributed by atoms with Crippen molar-refractivity contribution in [1.29, 1.82) is 0 Å². The molecular formula is C15H17N7O. The van der Waals surface area contributed by atoms with E-state index in [4.69, 9.17) is 0 Å². The molecule has 3 aromatic rings. The number of aromatic amines is 1. The zero-order valence-corrected chi connectivity index (χ0v) is 12.7. The van der Waals surface area contributed by atoms with E-state index in [1.807, 2.05) is 35.7 Å². The first-order valence-electron chi connectivity index (χ1n) is 7.61. The van der Waals surface area contributed by atoms with Gasteiger partial charge in [0.1, 0.15) is 0 Å². The molecule has 1 aliphatic heterocycles. The van der Waals surface area contributed by atoms with Crippen molar-refractivity contribution < 1.29 is 4.79 Å². The summed E-state index contributed by atoms with van der Waals surface area (Å²) in [6, 6.07) is 5.41. The van der Waals surface area contributed by atoms with E-state index in [1.165, 1.54) is 0 Å². The molecular weight excluding hydrogens is 294 g/mol. The summed E-state index contributed by atoms with van der Waals surface area (Å²) >= 11 is 0. The van der Waals surface area contributed by atoms with Crippen molar-refractivity contribution in [2.75, 3.05) is 6.54 Å². The summed E-state index contributed by atoms with van der Waals surface area (Å²) in [6.07, 6.45) is 2.74. The SMILES string of the molecule is CC(NC(=O)c1n[nH]c2c1CNCC2)c1nnc2ccccn12. The number of carbonyl (C=O) groups is 1. The first-order chi connectivity index (χ1) is 11.2. The van der Waals surface area contributed by atoms with Gasteiger partial charge in [0.25, 0.3) is 5.91 Å². The maximum absolute atomic E-state index is 12.5. The average molecular weight is 311 g/mol. The van der Waals surface area contributed by atoms with Gasteiger partial charge in [-0.25, -0.2) is 0 Å². The third-order valence-corrected chi connectivity index (χ3v) is 4.10. The normalized spacial score (nSPS) is 15.3. The van der Waals surface area contributed by atoms with Crippen LogP contribution in [0.5, 0.6) is 0 Å². The topological polar surface area (TPSA) is 100 Å². The van der Waals surface area contributed by atoms with Crippen LogP contribution in [-0.4, -0.2) is 37.2 Å². The maximum Gasteiger partial charge on any atom is 0.272 e. The minimum atomic E-state index is -0.274.